The third kappa shape index (κ3) is 4.86. The monoisotopic (exact) mass is 415 g/mol. The fourth-order valence-electron chi connectivity index (χ4n) is 2.33. The van der Waals surface area contributed by atoms with Gasteiger partial charge in [0.25, 0.3) is 5.91 Å². The standard InChI is InChI=1S/C19H18BrN3O3/c1-25-16-6-2-14(3-7-16)12-23-18(10-11-21-23)22-19(24)13-26-17-8-4-15(20)5-9-17/h2-11H,12-13H2,1H3,(H,22,24). The molecule has 1 N–H and O–H groups in total. The van der Waals surface area contributed by atoms with Crippen LogP contribution in [0, 0.1) is 0 Å². The average Bonchev–Trinajstić information content (AvgIpc) is 3.08. The van der Waals surface area contributed by atoms with E-state index in [9.17, 15) is 4.79 Å². The van der Waals surface area contributed by atoms with Crippen molar-refractivity contribution in [3.8, 4) is 11.5 Å². The second-order valence-corrected chi connectivity index (χ2v) is 6.43. The lowest BCUT2D eigenvalue weighted by Gasteiger charge is -2.10. The van der Waals surface area contributed by atoms with Crippen LogP contribution in [0.5, 0.6) is 11.5 Å². The number of methoxy groups -OCH3 is 1. The van der Waals surface area contributed by atoms with Crippen molar-refractivity contribution in [3.63, 3.8) is 0 Å². The number of nitrogens with one attached hydrogen (secondary N) is 1. The van der Waals surface area contributed by atoms with Gasteiger partial charge in [0.1, 0.15) is 17.3 Å². The molecule has 0 fully saturated rings. The van der Waals surface area contributed by atoms with E-state index < -0.39 is 0 Å². The Morgan fingerprint density at radius 2 is 1.77 bits per heavy atom. The zero-order chi connectivity index (χ0) is 18.4. The van der Waals surface area contributed by atoms with E-state index >= 15 is 0 Å². The van der Waals surface area contributed by atoms with Crippen molar-refractivity contribution in [3.05, 3.63) is 70.8 Å². The minimum absolute atomic E-state index is 0.0741. The average molecular weight is 416 g/mol. The molecule has 6 nitrogen and oxygen atoms in total. The predicted octanol–water partition coefficient (Wildman–Crippen LogP) is 3.72. The molecule has 0 spiro atoms. The van der Waals surface area contributed by atoms with E-state index in [1.807, 2.05) is 36.4 Å². The fraction of sp³-hybridized carbons (Fsp3) is 0.158. The molecule has 134 valence electrons. The maximum atomic E-state index is 12.1. The molecule has 0 radical (unpaired) electrons. The molecule has 3 aromatic rings. The van der Waals surface area contributed by atoms with Crippen LogP contribution in [0.1, 0.15) is 5.56 Å². The molecule has 0 atom stereocenters. The molecule has 0 aliphatic carbocycles. The highest BCUT2D eigenvalue weighted by Crippen LogP contribution is 2.17. The molecule has 0 aliphatic heterocycles. The zero-order valence-electron chi connectivity index (χ0n) is 14.2. The Morgan fingerprint density at radius 3 is 2.46 bits per heavy atom. The van der Waals surface area contributed by atoms with E-state index in [0.717, 1.165) is 15.8 Å². The van der Waals surface area contributed by atoms with Crippen LogP contribution in [0.15, 0.2) is 65.3 Å². The van der Waals surface area contributed by atoms with Crippen LogP contribution in [0.3, 0.4) is 0 Å². The van der Waals surface area contributed by atoms with Gasteiger partial charge in [-0.1, -0.05) is 28.1 Å². The van der Waals surface area contributed by atoms with Crippen molar-refractivity contribution in [1.82, 2.24) is 9.78 Å². The first kappa shape index (κ1) is 18.0. The van der Waals surface area contributed by atoms with Crippen LogP contribution in [0.4, 0.5) is 5.82 Å². The number of aromatic nitrogens is 2. The number of rotatable bonds is 7. The lowest BCUT2D eigenvalue weighted by Crippen LogP contribution is -2.22. The number of carbonyl (C=O) groups excluding carboxylic acids is 1. The van der Waals surface area contributed by atoms with Crippen LogP contribution in [-0.4, -0.2) is 29.4 Å². The van der Waals surface area contributed by atoms with Gasteiger partial charge in [-0.2, -0.15) is 5.10 Å². The quantitative estimate of drug-likeness (QED) is 0.638. The Morgan fingerprint density at radius 1 is 1.08 bits per heavy atom. The topological polar surface area (TPSA) is 65.4 Å². The summed E-state index contributed by atoms with van der Waals surface area (Å²) >= 11 is 3.36. The summed E-state index contributed by atoms with van der Waals surface area (Å²) in [6.07, 6.45) is 1.65. The molecule has 0 saturated carbocycles. The minimum atomic E-state index is -0.246. The number of hydrogen-bond acceptors (Lipinski definition) is 4. The molecule has 3 rings (SSSR count). The predicted molar refractivity (Wildman–Crippen MR) is 103 cm³/mol. The van der Waals surface area contributed by atoms with E-state index in [1.54, 1.807) is 36.2 Å². The maximum Gasteiger partial charge on any atom is 0.263 e. The van der Waals surface area contributed by atoms with E-state index in [-0.39, 0.29) is 12.5 Å². The van der Waals surface area contributed by atoms with E-state index in [2.05, 4.69) is 26.3 Å². The number of nitrogens with zero attached hydrogens (tertiary/aromatic N) is 2. The smallest absolute Gasteiger partial charge is 0.263 e. The van der Waals surface area contributed by atoms with E-state index in [4.69, 9.17) is 9.47 Å². The Kier molecular flexibility index (Phi) is 5.91. The first-order valence-electron chi connectivity index (χ1n) is 7.97. The van der Waals surface area contributed by atoms with Gasteiger partial charge in [-0.15, -0.1) is 0 Å². The van der Waals surface area contributed by atoms with Gasteiger partial charge in [0, 0.05) is 10.5 Å². The van der Waals surface area contributed by atoms with Crippen LogP contribution >= 0.6 is 15.9 Å². The minimum Gasteiger partial charge on any atom is -0.497 e. The normalized spacial score (nSPS) is 10.4. The van der Waals surface area contributed by atoms with Gasteiger partial charge in [-0.25, -0.2) is 4.68 Å². The van der Waals surface area contributed by atoms with Crippen LogP contribution in [0.2, 0.25) is 0 Å². The molecule has 1 amide bonds. The number of carbonyl (C=O) groups is 1. The first-order chi connectivity index (χ1) is 12.6. The van der Waals surface area contributed by atoms with Crippen molar-refractivity contribution in [2.24, 2.45) is 0 Å². The van der Waals surface area contributed by atoms with Gasteiger partial charge < -0.3 is 14.8 Å². The molecular formula is C19H18BrN3O3. The molecule has 1 aromatic heterocycles. The van der Waals surface area contributed by atoms with Gasteiger partial charge in [-0.05, 0) is 42.0 Å². The maximum absolute atomic E-state index is 12.1. The zero-order valence-corrected chi connectivity index (χ0v) is 15.8. The van der Waals surface area contributed by atoms with Gasteiger partial charge in [0.15, 0.2) is 6.61 Å². The lowest BCUT2D eigenvalue weighted by molar-refractivity contribution is -0.118. The third-order valence-corrected chi connectivity index (χ3v) is 4.19. The molecule has 1 heterocycles. The first-order valence-corrected chi connectivity index (χ1v) is 8.76. The highest BCUT2D eigenvalue weighted by atomic mass is 79.9. The third-order valence-electron chi connectivity index (χ3n) is 3.66. The van der Waals surface area contributed by atoms with Gasteiger partial charge >= 0.3 is 0 Å². The van der Waals surface area contributed by atoms with Crippen molar-refractivity contribution in [1.29, 1.82) is 0 Å². The van der Waals surface area contributed by atoms with Crippen molar-refractivity contribution in [2.45, 2.75) is 6.54 Å². The molecule has 0 saturated heterocycles. The summed E-state index contributed by atoms with van der Waals surface area (Å²) in [5.41, 5.74) is 1.05. The van der Waals surface area contributed by atoms with Gasteiger partial charge in [0.2, 0.25) is 0 Å². The second-order valence-electron chi connectivity index (χ2n) is 5.51. The summed E-state index contributed by atoms with van der Waals surface area (Å²) in [5, 5.41) is 7.08. The Labute approximate surface area is 159 Å². The summed E-state index contributed by atoms with van der Waals surface area (Å²) < 4.78 is 13.3. The fourth-order valence-corrected chi connectivity index (χ4v) is 2.59. The molecule has 26 heavy (non-hydrogen) atoms. The Bertz CT molecular complexity index is 860. The second kappa shape index (κ2) is 8.53. The highest BCUT2D eigenvalue weighted by molar-refractivity contribution is 9.10. The number of amides is 1. The number of ether oxygens (including phenoxy) is 2. The molecule has 2 aromatic carbocycles. The highest BCUT2D eigenvalue weighted by Gasteiger charge is 2.09. The van der Waals surface area contributed by atoms with Crippen LogP contribution in [0.25, 0.3) is 0 Å². The number of anilines is 1. The summed E-state index contributed by atoms with van der Waals surface area (Å²) in [7, 11) is 1.63. The van der Waals surface area contributed by atoms with E-state index in [1.165, 1.54) is 0 Å². The van der Waals surface area contributed by atoms with E-state index in [0.29, 0.717) is 18.1 Å². The largest absolute Gasteiger partial charge is 0.497 e. The number of halogens is 1. The summed E-state index contributed by atoms with van der Waals surface area (Å²) in [6.45, 7) is 0.468. The summed E-state index contributed by atoms with van der Waals surface area (Å²) in [4.78, 5) is 12.1. The Hall–Kier alpha value is -2.80. The number of benzene rings is 2. The van der Waals surface area contributed by atoms with Gasteiger partial charge in [0.05, 0.1) is 19.9 Å². The Balaban J connectivity index is 1.57. The van der Waals surface area contributed by atoms with Gasteiger partial charge in [-0.3, -0.25) is 4.79 Å². The van der Waals surface area contributed by atoms with Crippen molar-refractivity contribution < 1.29 is 14.3 Å². The molecule has 0 aliphatic rings. The van der Waals surface area contributed by atoms with Crippen LogP contribution < -0.4 is 14.8 Å². The van der Waals surface area contributed by atoms with Crippen molar-refractivity contribution in [2.75, 3.05) is 19.0 Å². The number of hydrogen-bond donors (Lipinski definition) is 1. The summed E-state index contributed by atoms with van der Waals surface area (Å²) in [6, 6.07) is 16.8. The molecule has 0 bridgehead atoms. The van der Waals surface area contributed by atoms with Crippen LogP contribution in [-0.2, 0) is 11.3 Å². The van der Waals surface area contributed by atoms with Crippen molar-refractivity contribution >= 4 is 27.7 Å². The SMILES string of the molecule is COc1ccc(Cn2nccc2NC(=O)COc2ccc(Br)cc2)cc1. The molecular weight excluding hydrogens is 398 g/mol. The molecule has 7 heteroatoms. The lowest BCUT2D eigenvalue weighted by atomic mass is 10.2. The summed E-state index contributed by atoms with van der Waals surface area (Å²) in [5.74, 6) is 1.80. The molecule has 0 unspecified atom stereocenters.